The van der Waals surface area contributed by atoms with Crippen LogP contribution >= 0.6 is 11.6 Å². The number of hydrogen-bond donors (Lipinski definition) is 2. The van der Waals surface area contributed by atoms with Crippen molar-refractivity contribution in [2.75, 3.05) is 18.5 Å². The predicted octanol–water partition coefficient (Wildman–Crippen LogP) is 4.21. The maximum atomic E-state index is 13.6. The molecule has 2 fully saturated rings. The highest BCUT2D eigenvalue weighted by Crippen LogP contribution is 2.30. The van der Waals surface area contributed by atoms with E-state index in [1.165, 1.54) is 0 Å². The largest absolute Gasteiger partial charge is 0.390 e. The fourth-order valence-corrected chi connectivity index (χ4v) is 4.97. The standard InChI is InChI=1S/C25H30ClN5O3/c1-25(33)11-6-18(7-12-25)28-23-27-13-8-21(29-23)22-16-30(19-9-14-34-15-10-19)24(32)31(22)20-4-2-17(26)3-5-20/h2-5,8,13,16,18-19,33H,6-7,9-12,14-15H2,1H3,(H,27,28,29). The summed E-state index contributed by atoms with van der Waals surface area (Å²) < 4.78 is 9.00. The molecule has 0 bridgehead atoms. The van der Waals surface area contributed by atoms with E-state index >= 15 is 0 Å². The van der Waals surface area contributed by atoms with Gasteiger partial charge in [-0.1, -0.05) is 11.6 Å². The Balaban J connectivity index is 1.50. The van der Waals surface area contributed by atoms with Gasteiger partial charge in [-0.15, -0.1) is 0 Å². The minimum absolute atomic E-state index is 0.0861. The molecule has 2 N–H and O–H groups in total. The van der Waals surface area contributed by atoms with Crippen LogP contribution in [-0.2, 0) is 4.74 Å². The molecular formula is C25H30ClN5O3. The first-order valence-corrected chi connectivity index (χ1v) is 12.3. The summed E-state index contributed by atoms with van der Waals surface area (Å²) in [6, 6.07) is 9.37. The van der Waals surface area contributed by atoms with Crippen LogP contribution in [-0.4, -0.2) is 49.1 Å². The van der Waals surface area contributed by atoms with Gasteiger partial charge in [0.25, 0.3) is 0 Å². The maximum absolute atomic E-state index is 13.6. The average molecular weight is 484 g/mol. The van der Waals surface area contributed by atoms with E-state index in [0.717, 1.165) is 44.2 Å². The summed E-state index contributed by atoms with van der Waals surface area (Å²) >= 11 is 6.10. The van der Waals surface area contributed by atoms with Crippen molar-refractivity contribution in [1.82, 2.24) is 19.1 Å². The van der Waals surface area contributed by atoms with E-state index in [9.17, 15) is 9.90 Å². The molecule has 5 rings (SSSR count). The zero-order chi connectivity index (χ0) is 23.7. The Bertz CT molecular complexity index is 1190. The lowest BCUT2D eigenvalue weighted by atomic mass is 9.84. The summed E-state index contributed by atoms with van der Waals surface area (Å²) in [7, 11) is 0. The van der Waals surface area contributed by atoms with E-state index in [2.05, 4.69) is 10.3 Å². The monoisotopic (exact) mass is 483 g/mol. The van der Waals surface area contributed by atoms with Crippen LogP contribution in [0.15, 0.2) is 47.5 Å². The van der Waals surface area contributed by atoms with E-state index in [1.54, 1.807) is 22.9 Å². The van der Waals surface area contributed by atoms with E-state index in [4.69, 9.17) is 21.3 Å². The number of imidazole rings is 1. The van der Waals surface area contributed by atoms with Crippen LogP contribution < -0.4 is 11.0 Å². The van der Waals surface area contributed by atoms with Crippen molar-refractivity contribution >= 4 is 17.5 Å². The predicted molar refractivity (Wildman–Crippen MR) is 132 cm³/mol. The normalized spacial score (nSPS) is 23.7. The van der Waals surface area contributed by atoms with Crippen molar-refractivity contribution in [2.24, 2.45) is 0 Å². The average Bonchev–Trinajstić information content (AvgIpc) is 3.19. The van der Waals surface area contributed by atoms with E-state index in [1.807, 2.05) is 35.9 Å². The molecule has 1 aromatic carbocycles. The van der Waals surface area contributed by atoms with Crippen LogP contribution in [0, 0.1) is 0 Å². The van der Waals surface area contributed by atoms with Crippen molar-refractivity contribution in [1.29, 1.82) is 0 Å². The Morgan fingerprint density at radius 1 is 1.12 bits per heavy atom. The number of anilines is 1. The lowest BCUT2D eigenvalue weighted by Crippen LogP contribution is -2.36. The fraction of sp³-hybridized carbons (Fsp3) is 0.480. The summed E-state index contributed by atoms with van der Waals surface area (Å²) in [6.07, 6.45) is 8.41. The van der Waals surface area contributed by atoms with Gasteiger partial charge in [-0.05, 0) is 75.8 Å². The van der Waals surface area contributed by atoms with Crippen LogP contribution in [0.4, 0.5) is 5.95 Å². The minimum atomic E-state index is -0.595. The molecular weight excluding hydrogens is 454 g/mol. The molecule has 9 heteroatoms. The van der Waals surface area contributed by atoms with Crippen LogP contribution in [0.5, 0.6) is 0 Å². The van der Waals surface area contributed by atoms with Gasteiger partial charge in [0.1, 0.15) is 0 Å². The summed E-state index contributed by atoms with van der Waals surface area (Å²) in [5.74, 6) is 0.526. The van der Waals surface area contributed by atoms with Gasteiger partial charge in [0.15, 0.2) is 0 Å². The SMILES string of the molecule is CC1(O)CCC(Nc2nccc(-c3cn(C4CCOCC4)c(=O)n3-c3ccc(Cl)cc3)n2)CC1. The molecule has 3 heterocycles. The van der Waals surface area contributed by atoms with Crippen LogP contribution in [0.1, 0.15) is 51.5 Å². The van der Waals surface area contributed by atoms with Crippen molar-refractivity contribution < 1.29 is 9.84 Å². The Kier molecular flexibility index (Phi) is 6.46. The molecule has 0 radical (unpaired) electrons. The van der Waals surface area contributed by atoms with E-state index < -0.39 is 5.60 Å². The number of nitrogens with zero attached hydrogens (tertiary/aromatic N) is 4. The van der Waals surface area contributed by atoms with Crippen molar-refractivity contribution in [3.05, 3.63) is 58.2 Å². The van der Waals surface area contributed by atoms with Gasteiger partial charge in [0.2, 0.25) is 5.95 Å². The Morgan fingerprint density at radius 3 is 2.53 bits per heavy atom. The molecule has 0 spiro atoms. The first kappa shape index (κ1) is 23.1. The first-order chi connectivity index (χ1) is 16.4. The second-order valence-electron chi connectivity index (χ2n) is 9.54. The van der Waals surface area contributed by atoms with Crippen molar-refractivity contribution in [2.45, 2.75) is 63.1 Å². The first-order valence-electron chi connectivity index (χ1n) is 11.9. The highest BCUT2D eigenvalue weighted by molar-refractivity contribution is 6.30. The van der Waals surface area contributed by atoms with Gasteiger partial charge in [-0.25, -0.2) is 14.8 Å². The summed E-state index contributed by atoms with van der Waals surface area (Å²) in [6.45, 7) is 3.18. The van der Waals surface area contributed by atoms with Crippen LogP contribution in [0.2, 0.25) is 5.02 Å². The van der Waals surface area contributed by atoms with E-state index in [0.29, 0.717) is 35.6 Å². The maximum Gasteiger partial charge on any atom is 0.333 e. The second-order valence-corrected chi connectivity index (χ2v) is 9.98. The summed E-state index contributed by atoms with van der Waals surface area (Å²) in [4.78, 5) is 22.8. The Hall–Kier alpha value is -2.68. The summed E-state index contributed by atoms with van der Waals surface area (Å²) in [5, 5.41) is 14.3. The lowest BCUT2D eigenvalue weighted by Gasteiger charge is -2.33. The molecule has 180 valence electrons. The third-order valence-corrected chi connectivity index (χ3v) is 7.15. The number of benzene rings is 1. The van der Waals surface area contributed by atoms with Crippen LogP contribution in [0.25, 0.3) is 17.1 Å². The number of halogens is 1. The summed E-state index contributed by atoms with van der Waals surface area (Å²) in [5.41, 5.74) is 1.40. The second kappa shape index (κ2) is 9.52. The zero-order valence-electron chi connectivity index (χ0n) is 19.3. The van der Waals surface area contributed by atoms with E-state index in [-0.39, 0.29) is 17.8 Å². The molecule has 3 aromatic rings. The van der Waals surface area contributed by atoms with Gasteiger partial charge in [0, 0.05) is 42.7 Å². The highest BCUT2D eigenvalue weighted by Gasteiger charge is 2.29. The Labute approximate surface area is 203 Å². The number of nitrogens with one attached hydrogen (secondary N) is 1. The molecule has 1 aliphatic carbocycles. The van der Waals surface area contributed by atoms with Gasteiger partial charge in [-0.3, -0.25) is 9.13 Å². The lowest BCUT2D eigenvalue weighted by molar-refractivity contribution is 0.0195. The van der Waals surface area contributed by atoms with Crippen molar-refractivity contribution in [3.63, 3.8) is 0 Å². The third-order valence-electron chi connectivity index (χ3n) is 6.90. The smallest absolute Gasteiger partial charge is 0.333 e. The highest BCUT2D eigenvalue weighted by atomic mass is 35.5. The quantitative estimate of drug-likeness (QED) is 0.564. The van der Waals surface area contributed by atoms with Gasteiger partial charge in [0.05, 0.1) is 22.7 Å². The molecule has 34 heavy (non-hydrogen) atoms. The fourth-order valence-electron chi connectivity index (χ4n) is 4.85. The van der Waals surface area contributed by atoms with Gasteiger partial charge >= 0.3 is 5.69 Å². The molecule has 0 unspecified atom stereocenters. The molecule has 1 aliphatic heterocycles. The third kappa shape index (κ3) is 4.89. The number of hydrogen-bond acceptors (Lipinski definition) is 6. The molecule has 1 saturated carbocycles. The molecule has 2 aliphatic rings. The number of ether oxygens (including phenoxy) is 1. The minimum Gasteiger partial charge on any atom is -0.390 e. The van der Waals surface area contributed by atoms with Crippen molar-refractivity contribution in [3.8, 4) is 17.1 Å². The molecule has 0 atom stereocenters. The van der Waals surface area contributed by atoms with Crippen LogP contribution in [0.3, 0.4) is 0 Å². The molecule has 1 saturated heterocycles. The number of aromatic nitrogens is 4. The Morgan fingerprint density at radius 2 is 1.82 bits per heavy atom. The number of aliphatic hydroxyl groups is 1. The molecule has 2 aromatic heterocycles. The topological polar surface area (TPSA) is 94.2 Å². The molecule has 0 amide bonds. The van der Waals surface area contributed by atoms with Gasteiger partial charge in [-0.2, -0.15) is 0 Å². The molecule has 8 nitrogen and oxygen atoms in total. The zero-order valence-corrected chi connectivity index (χ0v) is 20.0. The van der Waals surface area contributed by atoms with Gasteiger partial charge < -0.3 is 15.2 Å². The number of rotatable bonds is 5.